The third-order valence-electron chi connectivity index (χ3n) is 1.92. The van der Waals surface area contributed by atoms with E-state index in [0.29, 0.717) is 18.6 Å². The zero-order chi connectivity index (χ0) is 10.4. The van der Waals surface area contributed by atoms with Crippen molar-refractivity contribution in [1.82, 2.24) is 0 Å². The van der Waals surface area contributed by atoms with Crippen LogP contribution in [-0.4, -0.2) is 23.8 Å². The molecule has 3 nitrogen and oxygen atoms in total. The third-order valence-corrected chi connectivity index (χ3v) is 1.92. The molecular weight excluding hydrogens is 168 g/mol. The van der Waals surface area contributed by atoms with Crippen molar-refractivity contribution in [3.05, 3.63) is 12.2 Å². The molecule has 0 fully saturated rings. The van der Waals surface area contributed by atoms with Crippen LogP contribution in [0.4, 0.5) is 0 Å². The summed E-state index contributed by atoms with van der Waals surface area (Å²) in [6.45, 7) is 9.24. The zero-order valence-corrected chi connectivity index (χ0v) is 8.54. The lowest BCUT2D eigenvalue weighted by molar-refractivity contribution is -0.151. The van der Waals surface area contributed by atoms with Gasteiger partial charge in [0, 0.05) is 0 Å². The Morgan fingerprint density at radius 3 is 2.38 bits per heavy atom. The Kier molecular flexibility index (Phi) is 5.39. The van der Waals surface area contributed by atoms with Gasteiger partial charge in [0.25, 0.3) is 0 Å². The second-order valence-corrected chi connectivity index (χ2v) is 3.06. The van der Waals surface area contributed by atoms with Gasteiger partial charge in [0.1, 0.15) is 0 Å². The fourth-order valence-corrected chi connectivity index (χ4v) is 1.11. The summed E-state index contributed by atoms with van der Waals surface area (Å²) in [7, 11) is 0. The molecule has 0 aliphatic rings. The predicted molar refractivity (Wildman–Crippen MR) is 51.2 cm³/mol. The summed E-state index contributed by atoms with van der Waals surface area (Å²) in [5.41, 5.74) is 0.597. The van der Waals surface area contributed by atoms with Crippen molar-refractivity contribution >= 4 is 5.97 Å². The number of carbonyl (C=O) groups excluding carboxylic acids is 1. The van der Waals surface area contributed by atoms with Crippen LogP contribution in [-0.2, 0) is 9.53 Å². The number of esters is 1. The van der Waals surface area contributed by atoms with Crippen LogP contribution in [0, 0.1) is 5.92 Å². The van der Waals surface area contributed by atoms with Crippen LogP contribution in [0.2, 0.25) is 0 Å². The first kappa shape index (κ1) is 12.2. The molecule has 2 unspecified atom stereocenters. The van der Waals surface area contributed by atoms with Gasteiger partial charge in [-0.15, -0.1) is 0 Å². The predicted octanol–water partition coefficient (Wildman–Crippen LogP) is 1.51. The fourth-order valence-electron chi connectivity index (χ4n) is 1.11. The molecule has 0 saturated heterocycles. The van der Waals surface area contributed by atoms with Crippen LogP contribution in [0.5, 0.6) is 0 Å². The summed E-state index contributed by atoms with van der Waals surface area (Å²) < 4.78 is 4.83. The molecule has 0 aliphatic carbocycles. The molecule has 0 amide bonds. The molecule has 1 N–H and O–H groups in total. The molecule has 0 aromatic heterocycles. The maximum absolute atomic E-state index is 11.3. The molecule has 3 heteroatoms. The average molecular weight is 186 g/mol. The van der Waals surface area contributed by atoms with Gasteiger partial charge in [-0.2, -0.15) is 0 Å². The van der Waals surface area contributed by atoms with Crippen LogP contribution in [0.1, 0.15) is 27.2 Å². The van der Waals surface area contributed by atoms with Crippen molar-refractivity contribution < 1.29 is 14.6 Å². The molecule has 0 aliphatic heterocycles. The van der Waals surface area contributed by atoms with E-state index in [1.165, 1.54) is 0 Å². The van der Waals surface area contributed by atoms with E-state index in [1.54, 1.807) is 13.8 Å². The second kappa shape index (κ2) is 5.75. The SMILES string of the molecule is C=C(C)C(O)C(CC)C(=O)OCC. The summed E-state index contributed by atoms with van der Waals surface area (Å²) in [5, 5.41) is 9.58. The van der Waals surface area contributed by atoms with Crippen molar-refractivity contribution in [1.29, 1.82) is 0 Å². The monoisotopic (exact) mass is 186 g/mol. The second-order valence-electron chi connectivity index (χ2n) is 3.06. The van der Waals surface area contributed by atoms with Crippen LogP contribution < -0.4 is 0 Å². The highest BCUT2D eigenvalue weighted by atomic mass is 16.5. The van der Waals surface area contributed by atoms with Gasteiger partial charge in [-0.3, -0.25) is 4.79 Å². The number of hydrogen-bond donors (Lipinski definition) is 1. The van der Waals surface area contributed by atoms with Gasteiger partial charge >= 0.3 is 5.97 Å². The molecule has 2 atom stereocenters. The Bertz CT molecular complexity index is 187. The van der Waals surface area contributed by atoms with E-state index in [0.717, 1.165) is 0 Å². The summed E-state index contributed by atoms with van der Waals surface area (Å²) >= 11 is 0. The maximum Gasteiger partial charge on any atom is 0.311 e. The molecule has 13 heavy (non-hydrogen) atoms. The Labute approximate surface area is 79.4 Å². The molecule has 0 aromatic carbocycles. The van der Waals surface area contributed by atoms with Crippen LogP contribution in [0.3, 0.4) is 0 Å². The smallest absolute Gasteiger partial charge is 0.311 e. The van der Waals surface area contributed by atoms with Crippen molar-refractivity contribution in [3.8, 4) is 0 Å². The van der Waals surface area contributed by atoms with Crippen LogP contribution in [0.15, 0.2) is 12.2 Å². The summed E-state index contributed by atoms with van der Waals surface area (Å²) in [6, 6.07) is 0. The first-order valence-corrected chi connectivity index (χ1v) is 4.54. The molecule has 0 heterocycles. The lowest BCUT2D eigenvalue weighted by atomic mass is 9.95. The summed E-state index contributed by atoms with van der Waals surface area (Å²) in [5.74, 6) is -0.821. The molecule has 76 valence electrons. The molecule has 0 radical (unpaired) electrons. The van der Waals surface area contributed by atoms with Gasteiger partial charge in [-0.1, -0.05) is 19.1 Å². The van der Waals surface area contributed by atoms with Crippen molar-refractivity contribution in [3.63, 3.8) is 0 Å². The van der Waals surface area contributed by atoms with Gasteiger partial charge < -0.3 is 9.84 Å². The van der Waals surface area contributed by atoms with Crippen molar-refractivity contribution in [2.24, 2.45) is 5.92 Å². The standard InChI is InChI=1S/C10H18O3/c1-5-8(9(11)7(3)4)10(12)13-6-2/h8-9,11H,3,5-6H2,1-2,4H3. The molecule has 0 saturated carbocycles. The fraction of sp³-hybridized carbons (Fsp3) is 0.700. The lowest BCUT2D eigenvalue weighted by Gasteiger charge is -2.19. The Hall–Kier alpha value is -0.830. The Morgan fingerprint density at radius 1 is 1.54 bits per heavy atom. The molecular formula is C10H18O3. The van der Waals surface area contributed by atoms with E-state index >= 15 is 0 Å². The van der Waals surface area contributed by atoms with E-state index in [-0.39, 0.29) is 5.97 Å². The molecule has 0 aromatic rings. The minimum Gasteiger partial charge on any atom is -0.466 e. The number of hydrogen-bond acceptors (Lipinski definition) is 3. The van der Waals surface area contributed by atoms with E-state index in [9.17, 15) is 9.90 Å². The number of aliphatic hydroxyl groups excluding tert-OH is 1. The summed E-state index contributed by atoms with van der Waals surface area (Å²) in [6.07, 6.45) is -0.226. The zero-order valence-electron chi connectivity index (χ0n) is 8.54. The van der Waals surface area contributed by atoms with Crippen molar-refractivity contribution in [2.75, 3.05) is 6.61 Å². The highest BCUT2D eigenvalue weighted by Crippen LogP contribution is 2.16. The number of aliphatic hydroxyl groups is 1. The normalized spacial score (nSPS) is 14.8. The van der Waals surface area contributed by atoms with E-state index in [2.05, 4.69) is 6.58 Å². The summed E-state index contributed by atoms with van der Waals surface area (Å²) in [4.78, 5) is 11.3. The molecule has 0 spiro atoms. The minimum atomic E-state index is -0.788. The van der Waals surface area contributed by atoms with E-state index in [4.69, 9.17) is 4.74 Å². The molecule has 0 bridgehead atoms. The molecule has 0 rings (SSSR count). The largest absolute Gasteiger partial charge is 0.466 e. The number of carbonyl (C=O) groups is 1. The highest BCUT2D eigenvalue weighted by molar-refractivity contribution is 5.73. The van der Waals surface area contributed by atoms with Crippen LogP contribution >= 0.6 is 0 Å². The van der Waals surface area contributed by atoms with Crippen molar-refractivity contribution in [2.45, 2.75) is 33.3 Å². The topological polar surface area (TPSA) is 46.5 Å². The highest BCUT2D eigenvalue weighted by Gasteiger charge is 2.26. The van der Waals surface area contributed by atoms with E-state index < -0.39 is 12.0 Å². The number of ether oxygens (including phenoxy) is 1. The Morgan fingerprint density at radius 2 is 2.08 bits per heavy atom. The minimum absolute atomic E-state index is 0.345. The third kappa shape index (κ3) is 3.59. The first-order chi connectivity index (χ1) is 6.04. The first-order valence-electron chi connectivity index (χ1n) is 4.54. The Balaban J connectivity index is 4.31. The van der Waals surface area contributed by atoms with Gasteiger partial charge in [0.05, 0.1) is 18.6 Å². The quantitative estimate of drug-likeness (QED) is 0.523. The van der Waals surface area contributed by atoms with E-state index in [1.807, 2.05) is 6.92 Å². The maximum atomic E-state index is 11.3. The van der Waals surface area contributed by atoms with Crippen LogP contribution in [0.25, 0.3) is 0 Å². The van der Waals surface area contributed by atoms with Gasteiger partial charge in [0.15, 0.2) is 0 Å². The average Bonchev–Trinajstić information content (AvgIpc) is 2.05. The van der Waals surface area contributed by atoms with Gasteiger partial charge in [-0.05, 0) is 20.3 Å². The van der Waals surface area contributed by atoms with Gasteiger partial charge in [0.2, 0.25) is 0 Å². The lowest BCUT2D eigenvalue weighted by Crippen LogP contribution is -2.30. The number of rotatable bonds is 5. The van der Waals surface area contributed by atoms with Gasteiger partial charge in [-0.25, -0.2) is 0 Å².